The zero-order valence-corrected chi connectivity index (χ0v) is 11.6. The summed E-state index contributed by atoms with van der Waals surface area (Å²) in [5.41, 5.74) is 0.883. The van der Waals surface area contributed by atoms with Gasteiger partial charge in [0, 0.05) is 12.7 Å². The van der Waals surface area contributed by atoms with E-state index in [1.807, 2.05) is 0 Å². The summed E-state index contributed by atoms with van der Waals surface area (Å²) in [5.74, 6) is 0.317. The number of benzene rings is 1. The van der Waals surface area contributed by atoms with Crippen molar-refractivity contribution in [3.05, 3.63) is 52.1 Å². The van der Waals surface area contributed by atoms with Gasteiger partial charge in [-0.15, -0.1) is 0 Å². The van der Waals surface area contributed by atoms with Crippen molar-refractivity contribution in [2.75, 3.05) is 17.7 Å². The van der Waals surface area contributed by atoms with Gasteiger partial charge in [0.2, 0.25) is 0 Å². The van der Waals surface area contributed by atoms with Gasteiger partial charge in [-0.1, -0.05) is 29.3 Å². The molecule has 1 aromatic heterocycles. The molecule has 0 radical (unpaired) electrons. The summed E-state index contributed by atoms with van der Waals surface area (Å²) in [6.45, 7) is 0. The number of amides is 1. The highest BCUT2D eigenvalue weighted by atomic mass is 35.5. The molecule has 0 aliphatic carbocycles. The van der Waals surface area contributed by atoms with Gasteiger partial charge in [0.05, 0.1) is 10.0 Å². The largest absolute Gasteiger partial charge is 0.373 e. The minimum atomic E-state index is -0.310. The van der Waals surface area contributed by atoms with Gasteiger partial charge in [0.15, 0.2) is 0 Å². The molecule has 6 heteroatoms. The lowest BCUT2D eigenvalue weighted by Crippen LogP contribution is -2.14. The Kier molecular flexibility index (Phi) is 4.24. The van der Waals surface area contributed by atoms with E-state index in [1.54, 1.807) is 43.4 Å². The third-order valence-electron chi connectivity index (χ3n) is 2.42. The van der Waals surface area contributed by atoms with Crippen LogP contribution >= 0.6 is 23.2 Å². The first-order valence-electron chi connectivity index (χ1n) is 5.51. The molecular weight excluding hydrogens is 285 g/mol. The third kappa shape index (κ3) is 3.36. The number of carbonyl (C=O) groups excluding carboxylic acids is 1. The summed E-state index contributed by atoms with van der Waals surface area (Å²) in [5, 5.41) is 6.40. The van der Waals surface area contributed by atoms with Crippen LogP contribution in [0.15, 0.2) is 36.4 Å². The van der Waals surface area contributed by atoms with Crippen LogP contribution in [0.2, 0.25) is 10.0 Å². The van der Waals surface area contributed by atoms with Crippen molar-refractivity contribution in [3.8, 4) is 0 Å². The topological polar surface area (TPSA) is 54.0 Å². The Labute approximate surface area is 120 Å². The van der Waals surface area contributed by atoms with Crippen LogP contribution in [0, 0.1) is 0 Å². The molecule has 0 atom stereocenters. The summed E-state index contributed by atoms with van der Waals surface area (Å²) in [7, 11) is 1.74. The first-order chi connectivity index (χ1) is 9.10. The molecule has 0 saturated carbocycles. The van der Waals surface area contributed by atoms with Crippen molar-refractivity contribution in [2.24, 2.45) is 0 Å². The van der Waals surface area contributed by atoms with Crippen molar-refractivity contribution in [2.45, 2.75) is 0 Å². The highest BCUT2D eigenvalue weighted by Crippen LogP contribution is 2.25. The Balaban J connectivity index is 2.18. The number of rotatable bonds is 3. The fourth-order valence-electron chi connectivity index (χ4n) is 1.47. The molecular formula is C13H11Cl2N3O. The smallest absolute Gasteiger partial charge is 0.274 e. The second-order valence-electron chi connectivity index (χ2n) is 3.74. The van der Waals surface area contributed by atoms with E-state index in [9.17, 15) is 4.79 Å². The van der Waals surface area contributed by atoms with Crippen LogP contribution in [0.3, 0.4) is 0 Å². The predicted molar refractivity (Wildman–Crippen MR) is 78.2 cm³/mol. The van der Waals surface area contributed by atoms with Crippen molar-refractivity contribution < 1.29 is 4.79 Å². The van der Waals surface area contributed by atoms with Crippen LogP contribution in [0.4, 0.5) is 11.5 Å². The molecule has 1 aromatic carbocycles. The third-order valence-corrected chi connectivity index (χ3v) is 3.15. The van der Waals surface area contributed by atoms with E-state index in [4.69, 9.17) is 23.2 Å². The molecule has 0 unspecified atom stereocenters. The Morgan fingerprint density at radius 3 is 2.63 bits per heavy atom. The summed E-state index contributed by atoms with van der Waals surface area (Å²) in [4.78, 5) is 16.1. The van der Waals surface area contributed by atoms with Crippen molar-refractivity contribution >= 4 is 40.6 Å². The van der Waals surface area contributed by atoms with Crippen molar-refractivity contribution in [1.82, 2.24) is 4.98 Å². The van der Waals surface area contributed by atoms with Gasteiger partial charge in [-0.25, -0.2) is 4.98 Å². The number of halogens is 2. The first kappa shape index (κ1) is 13.6. The number of aromatic nitrogens is 1. The molecule has 0 aliphatic heterocycles. The van der Waals surface area contributed by atoms with E-state index in [2.05, 4.69) is 15.6 Å². The number of hydrogen-bond acceptors (Lipinski definition) is 3. The minimum absolute atomic E-state index is 0.310. The van der Waals surface area contributed by atoms with Gasteiger partial charge in [0.25, 0.3) is 5.91 Å². The van der Waals surface area contributed by atoms with Crippen LogP contribution in [-0.2, 0) is 0 Å². The predicted octanol–water partition coefficient (Wildman–Crippen LogP) is 3.68. The maximum Gasteiger partial charge on any atom is 0.274 e. The van der Waals surface area contributed by atoms with Crippen LogP contribution in [0.5, 0.6) is 0 Å². The quantitative estimate of drug-likeness (QED) is 0.908. The molecule has 1 heterocycles. The summed E-state index contributed by atoms with van der Waals surface area (Å²) in [6, 6.07) is 10.0. The van der Waals surface area contributed by atoms with Gasteiger partial charge >= 0.3 is 0 Å². The van der Waals surface area contributed by atoms with Gasteiger partial charge < -0.3 is 10.6 Å². The SMILES string of the molecule is CNc1cccc(C(=O)Nc2ccc(Cl)c(Cl)c2)n1. The van der Waals surface area contributed by atoms with Crippen LogP contribution in [0.25, 0.3) is 0 Å². The van der Waals surface area contributed by atoms with Crippen LogP contribution in [0.1, 0.15) is 10.5 Å². The molecule has 0 aliphatic rings. The average molecular weight is 296 g/mol. The van der Waals surface area contributed by atoms with Crippen molar-refractivity contribution in [3.63, 3.8) is 0 Å². The molecule has 2 aromatic rings. The molecule has 0 saturated heterocycles. The fraction of sp³-hybridized carbons (Fsp3) is 0.0769. The first-order valence-corrected chi connectivity index (χ1v) is 6.27. The monoisotopic (exact) mass is 295 g/mol. The fourth-order valence-corrected chi connectivity index (χ4v) is 1.77. The second kappa shape index (κ2) is 5.91. The number of nitrogens with one attached hydrogen (secondary N) is 2. The van der Waals surface area contributed by atoms with Gasteiger partial charge in [0.1, 0.15) is 11.5 Å². The maximum atomic E-state index is 12.0. The number of pyridine rings is 1. The van der Waals surface area contributed by atoms with E-state index >= 15 is 0 Å². The van der Waals surface area contributed by atoms with E-state index in [0.717, 1.165) is 0 Å². The number of carbonyl (C=O) groups is 1. The molecule has 0 spiro atoms. The molecule has 19 heavy (non-hydrogen) atoms. The highest BCUT2D eigenvalue weighted by Gasteiger charge is 2.09. The highest BCUT2D eigenvalue weighted by molar-refractivity contribution is 6.42. The zero-order chi connectivity index (χ0) is 13.8. The summed E-state index contributed by atoms with van der Waals surface area (Å²) < 4.78 is 0. The van der Waals surface area contributed by atoms with E-state index < -0.39 is 0 Å². The van der Waals surface area contributed by atoms with Crippen LogP contribution in [-0.4, -0.2) is 17.9 Å². The molecule has 98 valence electrons. The average Bonchev–Trinajstić information content (AvgIpc) is 2.43. The Hall–Kier alpha value is -1.78. The second-order valence-corrected chi connectivity index (χ2v) is 4.56. The van der Waals surface area contributed by atoms with Crippen LogP contribution < -0.4 is 10.6 Å². The Morgan fingerprint density at radius 2 is 1.95 bits per heavy atom. The number of nitrogens with zero attached hydrogens (tertiary/aromatic N) is 1. The summed E-state index contributed by atoms with van der Waals surface area (Å²) in [6.07, 6.45) is 0. The minimum Gasteiger partial charge on any atom is -0.373 e. The lowest BCUT2D eigenvalue weighted by Gasteiger charge is -2.07. The number of anilines is 2. The van der Waals surface area contributed by atoms with Crippen molar-refractivity contribution in [1.29, 1.82) is 0 Å². The van der Waals surface area contributed by atoms with E-state index in [-0.39, 0.29) is 5.91 Å². The lowest BCUT2D eigenvalue weighted by molar-refractivity contribution is 0.102. The van der Waals surface area contributed by atoms with Gasteiger partial charge in [-0.2, -0.15) is 0 Å². The normalized spacial score (nSPS) is 10.1. The lowest BCUT2D eigenvalue weighted by atomic mass is 10.3. The molecule has 0 fully saturated rings. The molecule has 2 rings (SSSR count). The Bertz CT molecular complexity index is 617. The van der Waals surface area contributed by atoms with Gasteiger partial charge in [-0.3, -0.25) is 4.79 Å². The molecule has 4 nitrogen and oxygen atoms in total. The molecule has 1 amide bonds. The number of hydrogen-bond donors (Lipinski definition) is 2. The maximum absolute atomic E-state index is 12.0. The van der Waals surface area contributed by atoms with E-state index in [0.29, 0.717) is 27.2 Å². The Morgan fingerprint density at radius 1 is 1.16 bits per heavy atom. The molecule has 2 N–H and O–H groups in total. The zero-order valence-electron chi connectivity index (χ0n) is 10.1. The molecule has 0 bridgehead atoms. The summed E-state index contributed by atoms with van der Waals surface area (Å²) >= 11 is 11.7. The van der Waals surface area contributed by atoms with E-state index in [1.165, 1.54) is 0 Å². The van der Waals surface area contributed by atoms with Gasteiger partial charge in [-0.05, 0) is 30.3 Å². The standard InChI is InChI=1S/C13H11Cl2N3O/c1-16-12-4-2-3-11(18-12)13(19)17-8-5-6-9(14)10(15)7-8/h2-7H,1H3,(H,16,18)(H,17,19).